The van der Waals surface area contributed by atoms with Gasteiger partial charge in [-0.25, -0.2) is 0 Å². The molecule has 0 aromatic carbocycles. The van der Waals surface area contributed by atoms with Crippen LogP contribution >= 0.6 is 63.7 Å². The zero-order chi connectivity index (χ0) is 5.15. The van der Waals surface area contributed by atoms with Gasteiger partial charge < -0.3 is 0 Å². The molecule has 0 atom stereocenters. The summed E-state index contributed by atoms with van der Waals surface area (Å²) in [6.07, 6.45) is 0. The van der Waals surface area contributed by atoms with Gasteiger partial charge in [0.05, 0.1) is 7.47 Å². The van der Waals surface area contributed by atoms with E-state index in [1.165, 1.54) is 0 Å². The summed E-state index contributed by atoms with van der Waals surface area (Å²) in [5.41, 5.74) is 0. The monoisotopic (exact) mass is 601 g/mol. The average Bonchev–Trinajstić information content (AvgIpc) is 1.36. The molecule has 0 saturated carbocycles. The van der Waals surface area contributed by atoms with Crippen LogP contribution in [0.4, 0.5) is 0 Å². The number of hydrogen-bond donors (Lipinski definition) is 0. The predicted octanol–water partition coefficient (Wildman–Crippen LogP) is 3.22. The van der Waals surface area contributed by atoms with Crippen LogP contribution in [0.5, 0.6) is 0 Å². The molecule has 0 fully saturated rings. The first kappa shape index (κ1) is 10.8. The Labute approximate surface area is 70.6 Å². The summed E-state index contributed by atoms with van der Waals surface area (Å²) in [6, 6.07) is 0. The number of hydrogen-bond acceptors (Lipinski definition) is 0. The van der Waals surface area contributed by atoms with Crippen LogP contribution in [0.2, 0.25) is 0 Å². The van der Waals surface area contributed by atoms with E-state index in [2.05, 4.69) is 63.7 Å². The Hall–Kier alpha value is 0.920. The SMILES string of the molecule is BrC(Br)C(Br)Br.[No]. The molecule has 0 spiro atoms. The summed E-state index contributed by atoms with van der Waals surface area (Å²) in [5, 5.41) is 0. The van der Waals surface area contributed by atoms with Crippen molar-refractivity contribution in [3.05, 3.63) is 0 Å². The first-order chi connectivity index (χ1) is 2.64. The zero-order valence-corrected chi connectivity index (χ0v) is 11.5. The van der Waals surface area contributed by atoms with E-state index >= 15 is 0 Å². The quantitative estimate of drug-likeness (QED) is 0.404. The van der Waals surface area contributed by atoms with Crippen molar-refractivity contribution in [1.29, 1.82) is 0 Å². The molecule has 52 valence electrons. The Morgan fingerprint density at radius 2 is 0.857 bits per heavy atom. The fourth-order valence-corrected chi connectivity index (χ4v) is 0. The van der Waals surface area contributed by atoms with Gasteiger partial charge >= 0.3 is 0 Å². The van der Waals surface area contributed by atoms with Gasteiger partial charge in [0, 0.05) is 0 Å². The second-order valence-electron chi connectivity index (χ2n) is 0.669. The van der Waals surface area contributed by atoms with Gasteiger partial charge in [-0.05, 0) is 0 Å². The summed E-state index contributed by atoms with van der Waals surface area (Å²) in [6.45, 7) is 0. The van der Waals surface area contributed by atoms with E-state index in [-0.39, 0.29) is 0 Å². The van der Waals surface area contributed by atoms with Crippen LogP contribution in [0, 0.1) is 0 Å². The standard InChI is InChI=1S/C2H2Br4.No/c3-1(4)2(5)6;/h1-2H;. The van der Waals surface area contributed by atoms with Crippen molar-refractivity contribution in [3.8, 4) is 0 Å². The molecule has 0 bridgehead atoms. The topological polar surface area (TPSA) is 0 Å². The normalized spacial score (nSPS) is 9.43. The molecule has 0 aromatic heterocycles. The third kappa shape index (κ3) is 6.92. The molecule has 0 radical (unpaired) electrons. The summed E-state index contributed by atoms with van der Waals surface area (Å²) in [5.74, 6) is 0. The van der Waals surface area contributed by atoms with Gasteiger partial charge in [0.15, 0.2) is 0 Å². The van der Waals surface area contributed by atoms with Crippen molar-refractivity contribution in [2.45, 2.75) is 7.47 Å². The molecule has 0 nitrogen and oxygen atoms in total. The molecule has 0 amide bonds. The van der Waals surface area contributed by atoms with E-state index in [0.29, 0.717) is 7.47 Å². The average molecular weight is 605 g/mol. The smallest absolute Gasteiger partial charge is 0.0743 e. The van der Waals surface area contributed by atoms with Crippen LogP contribution in [-0.2, 0) is 0 Å². The van der Waals surface area contributed by atoms with E-state index < -0.39 is 0 Å². The van der Waals surface area contributed by atoms with Crippen LogP contribution in [0.15, 0.2) is 0 Å². The molecule has 0 aliphatic carbocycles. The van der Waals surface area contributed by atoms with Crippen LogP contribution in [-0.4, -0.2) is 7.47 Å². The Balaban J connectivity index is 0. The van der Waals surface area contributed by atoms with Gasteiger partial charge in [-0.2, -0.15) is 0 Å². The second-order valence-corrected chi connectivity index (χ2v) is 7.07. The van der Waals surface area contributed by atoms with E-state index in [1.807, 2.05) is 0 Å². The Morgan fingerprint density at radius 3 is 0.857 bits per heavy atom. The maximum Gasteiger partial charge on any atom is 0.0920 e. The summed E-state index contributed by atoms with van der Waals surface area (Å²) in [4.78, 5) is 0. The van der Waals surface area contributed by atoms with E-state index in [0.717, 1.165) is 0 Å². The van der Waals surface area contributed by atoms with Gasteiger partial charge in [-0.3, -0.25) is 0 Å². The molecule has 7 heavy (non-hydrogen) atoms. The molecule has 0 aliphatic heterocycles. The van der Waals surface area contributed by atoms with E-state index in [1.54, 1.807) is 0 Å². The predicted molar refractivity (Wildman–Crippen MR) is 43.3 cm³/mol. The van der Waals surface area contributed by atoms with Gasteiger partial charge in [0.2, 0.25) is 0 Å². The van der Waals surface area contributed by atoms with Gasteiger partial charge in [0.1, 0.15) is 0 Å². The fourth-order valence-electron chi connectivity index (χ4n) is 0. The molecule has 0 rings (SSSR count). The molecule has 0 unspecified atom stereocenters. The Morgan fingerprint density at radius 1 is 0.714 bits per heavy atom. The summed E-state index contributed by atoms with van der Waals surface area (Å²) >= 11 is 13.0. The third-order valence-corrected chi connectivity index (χ3v) is 5.14. The van der Waals surface area contributed by atoms with Crippen molar-refractivity contribution in [3.63, 3.8) is 0 Å². The summed E-state index contributed by atoms with van der Waals surface area (Å²) in [7, 11) is 0. The summed E-state index contributed by atoms with van der Waals surface area (Å²) < 4.78 is 0.620. The zero-order valence-electron chi connectivity index (χ0n) is 2.93. The fraction of sp³-hybridized carbons (Fsp3) is 1.00. The van der Waals surface area contributed by atoms with Crippen molar-refractivity contribution in [1.82, 2.24) is 0 Å². The minimum atomic E-state index is 0. The van der Waals surface area contributed by atoms with Crippen molar-refractivity contribution in [2.24, 2.45) is 0 Å². The van der Waals surface area contributed by atoms with Crippen LogP contribution in [0.3, 0.4) is 0 Å². The molecule has 0 heterocycles. The first-order valence-corrected chi connectivity index (χ1v) is 4.87. The molecule has 5 heteroatoms. The molecular formula is C2H2Br4No. The largest absolute Gasteiger partial charge is 0.0920 e. The maximum absolute atomic E-state index is 3.26. The minimum absolute atomic E-state index is 0. The first-order valence-electron chi connectivity index (χ1n) is 1.21. The van der Waals surface area contributed by atoms with Gasteiger partial charge in [0.25, 0.3) is 0 Å². The van der Waals surface area contributed by atoms with Crippen LogP contribution in [0.25, 0.3) is 0 Å². The Kier molecular flexibility index (Phi) is 7.83. The van der Waals surface area contributed by atoms with Crippen molar-refractivity contribution in [2.75, 3.05) is 0 Å². The minimum Gasteiger partial charge on any atom is -0.0743 e. The molecule has 0 aliphatic rings. The van der Waals surface area contributed by atoms with E-state index in [4.69, 9.17) is 0 Å². The van der Waals surface area contributed by atoms with Crippen LogP contribution < -0.4 is 0 Å². The number of alkyl halides is 4. The Bertz CT molecular complexity index is 30.7. The number of halogens is 4. The van der Waals surface area contributed by atoms with E-state index in [9.17, 15) is 0 Å². The molecule has 0 saturated heterocycles. The molecular weight excluding hydrogens is 603 g/mol. The van der Waals surface area contributed by atoms with Gasteiger partial charge in [-0.1, -0.05) is 63.7 Å². The maximum atomic E-state index is 3.26. The van der Waals surface area contributed by atoms with Crippen molar-refractivity contribution >= 4 is 63.7 Å². The number of rotatable bonds is 1. The molecule has 0 aromatic rings. The van der Waals surface area contributed by atoms with Crippen molar-refractivity contribution < 1.29 is 0 Å². The van der Waals surface area contributed by atoms with Gasteiger partial charge in [-0.15, -0.1) is 0 Å². The second kappa shape index (κ2) is 5.06. The third-order valence-electron chi connectivity index (χ3n) is 0.190. The van der Waals surface area contributed by atoms with Crippen LogP contribution in [0.1, 0.15) is 0 Å². The molecule has 0 N–H and O–H groups in total.